The van der Waals surface area contributed by atoms with Crippen LogP contribution in [0.1, 0.15) is 69.4 Å². The fourth-order valence-electron chi connectivity index (χ4n) is 8.58. The molecular weight excluding hydrogens is 519 g/mol. The second-order valence-corrected chi connectivity index (χ2v) is 13.2. The highest BCUT2D eigenvalue weighted by Crippen LogP contribution is 2.47. The molecule has 2 aliphatic carbocycles. The molecule has 0 radical (unpaired) electrons. The minimum absolute atomic E-state index is 0.0302. The molecule has 2 aromatic heterocycles. The van der Waals surface area contributed by atoms with Crippen LogP contribution in [0.15, 0.2) is 23.3 Å². The van der Waals surface area contributed by atoms with Gasteiger partial charge >= 0.3 is 11.9 Å². The first-order valence-electron chi connectivity index (χ1n) is 15.2. The molecule has 5 unspecified atom stereocenters. The lowest BCUT2D eigenvalue weighted by Crippen LogP contribution is -2.52. The van der Waals surface area contributed by atoms with Crippen molar-refractivity contribution in [2.45, 2.75) is 88.3 Å². The van der Waals surface area contributed by atoms with Crippen LogP contribution in [0.25, 0.3) is 5.52 Å². The monoisotopic (exact) mass is 561 g/mol. The maximum Gasteiger partial charge on any atom is 0.418 e. The average molecular weight is 562 g/mol. The van der Waals surface area contributed by atoms with Gasteiger partial charge < -0.3 is 4.90 Å². The second kappa shape index (κ2) is 10.0. The van der Waals surface area contributed by atoms with Crippen molar-refractivity contribution >= 4 is 11.2 Å². The topological polar surface area (TPSA) is 60.2 Å². The van der Waals surface area contributed by atoms with Gasteiger partial charge in [-0.05, 0) is 70.0 Å². The van der Waals surface area contributed by atoms with Gasteiger partial charge in [-0.3, -0.25) is 18.8 Å². The molecule has 220 valence electrons. The van der Waals surface area contributed by atoms with Crippen LogP contribution in [-0.2, 0) is 6.18 Å². The van der Waals surface area contributed by atoms with E-state index in [2.05, 4.69) is 39.6 Å². The zero-order valence-corrected chi connectivity index (χ0v) is 23.5. The summed E-state index contributed by atoms with van der Waals surface area (Å²) in [6.07, 6.45) is 8.49. The first-order valence-corrected chi connectivity index (χ1v) is 15.2. The summed E-state index contributed by atoms with van der Waals surface area (Å²) < 4.78 is 46.2. The summed E-state index contributed by atoms with van der Waals surface area (Å²) in [7, 11) is 4.25. The van der Waals surface area contributed by atoms with E-state index in [-0.39, 0.29) is 23.4 Å². The Labute approximate surface area is 233 Å². The predicted molar refractivity (Wildman–Crippen MR) is 148 cm³/mol. The highest BCUT2D eigenvalue weighted by Gasteiger charge is 2.44. The van der Waals surface area contributed by atoms with Crippen molar-refractivity contribution in [2.75, 3.05) is 38.8 Å². The lowest BCUT2D eigenvalue weighted by atomic mass is 9.65. The summed E-state index contributed by atoms with van der Waals surface area (Å²) >= 11 is 0. The van der Waals surface area contributed by atoms with Gasteiger partial charge in [0.1, 0.15) is 0 Å². The molecule has 6 atom stereocenters. The largest absolute Gasteiger partial charge is 0.418 e. The number of alkyl halides is 3. The average Bonchev–Trinajstić information content (AvgIpc) is 3.51. The summed E-state index contributed by atoms with van der Waals surface area (Å²) in [5.41, 5.74) is 6.18. The van der Waals surface area contributed by atoms with Gasteiger partial charge in [-0.1, -0.05) is 25.7 Å². The molecule has 5 aliphatic rings. The Bertz CT molecular complexity index is 1290. The smallest absolute Gasteiger partial charge is 0.367 e. The van der Waals surface area contributed by atoms with E-state index in [0.717, 1.165) is 45.2 Å². The van der Waals surface area contributed by atoms with E-state index in [4.69, 9.17) is 0 Å². The lowest BCUT2D eigenvalue weighted by molar-refractivity contribution is -0.136. The van der Waals surface area contributed by atoms with Crippen LogP contribution in [0.5, 0.6) is 0 Å². The summed E-state index contributed by atoms with van der Waals surface area (Å²) in [6, 6.07) is 1.87. The molecule has 3 aliphatic heterocycles. The number of fused-ring (bicyclic) bond motifs is 3. The molecule has 2 bridgehead atoms. The number of nitrogens with one attached hydrogen (secondary N) is 2. The minimum atomic E-state index is -4.54. The number of hydrazine groups is 1. The van der Waals surface area contributed by atoms with Gasteiger partial charge in [0, 0.05) is 43.6 Å². The molecule has 11 heteroatoms. The Morgan fingerprint density at radius 1 is 0.925 bits per heavy atom. The van der Waals surface area contributed by atoms with Gasteiger partial charge in [0.15, 0.2) is 0 Å². The molecule has 0 amide bonds. The Morgan fingerprint density at radius 2 is 1.62 bits per heavy atom. The Hall–Kier alpha value is -2.08. The summed E-state index contributed by atoms with van der Waals surface area (Å²) in [4.78, 5) is 20.6. The van der Waals surface area contributed by atoms with E-state index in [1.807, 2.05) is 0 Å². The number of hydrogen-bond donors (Lipinski definition) is 2. The van der Waals surface area contributed by atoms with Crippen molar-refractivity contribution in [1.29, 1.82) is 0 Å². The van der Waals surface area contributed by atoms with Crippen LogP contribution in [0.2, 0.25) is 0 Å². The van der Waals surface area contributed by atoms with E-state index < -0.39 is 11.7 Å². The number of pyridine rings is 1. The first kappa shape index (κ1) is 26.8. The van der Waals surface area contributed by atoms with E-state index in [0.29, 0.717) is 48.6 Å². The van der Waals surface area contributed by atoms with Gasteiger partial charge in [-0.15, -0.1) is 0 Å². The maximum atomic E-state index is 14.4. The van der Waals surface area contributed by atoms with Crippen LogP contribution in [0, 0.1) is 17.8 Å². The summed E-state index contributed by atoms with van der Waals surface area (Å²) in [5, 5.41) is 0. The second-order valence-electron chi connectivity index (χ2n) is 13.2. The number of nitrogens with zero attached hydrogens (tertiary/aromatic N) is 5. The van der Waals surface area contributed by atoms with E-state index in [9.17, 15) is 18.0 Å². The molecule has 40 heavy (non-hydrogen) atoms. The number of aromatic nitrogens is 2. The van der Waals surface area contributed by atoms with Gasteiger partial charge in [0.2, 0.25) is 0 Å². The van der Waals surface area contributed by atoms with Crippen LogP contribution in [-0.4, -0.2) is 70.9 Å². The van der Waals surface area contributed by atoms with Crippen LogP contribution >= 0.6 is 0 Å². The molecule has 7 rings (SSSR count). The van der Waals surface area contributed by atoms with Crippen LogP contribution in [0.4, 0.5) is 18.9 Å². The zero-order valence-electron chi connectivity index (χ0n) is 23.5. The molecule has 5 fully saturated rings. The van der Waals surface area contributed by atoms with E-state index in [1.54, 1.807) is 10.8 Å². The third kappa shape index (κ3) is 4.48. The highest BCUT2D eigenvalue weighted by atomic mass is 19.4. The van der Waals surface area contributed by atoms with Gasteiger partial charge in [0.25, 0.3) is 0 Å². The number of imidazole rings is 1. The lowest BCUT2D eigenvalue weighted by Gasteiger charge is -2.46. The summed E-state index contributed by atoms with van der Waals surface area (Å²) in [5.74, 6) is 1.55. The molecule has 8 nitrogen and oxygen atoms in total. The quantitative estimate of drug-likeness (QED) is 0.578. The molecule has 0 aromatic carbocycles. The molecular formula is C29H42F3N7O. The van der Waals surface area contributed by atoms with Crippen molar-refractivity contribution in [2.24, 2.45) is 17.8 Å². The van der Waals surface area contributed by atoms with Crippen molar-refractivity contribution in [3.63, 3.8) is 0 Å². The fourth-order valence-corrected chi connectivity index (χ4v) is 8.58. The van der Waals surface area contributed by atoms with Crippen LogP contribution < -0.4 is 21.4 Å². The predicted octanol–water partition coefficient (Wildman–Crippen LogP) is 3.87. The Balaban J connectivity index is 1.22. The molecule has 0 spiro atoms. The maximum absolute atomic E-state index is 14.4. The SMILES string of the molecule is CN1CNNC1[C@H](C1CCC1)C1CCCC(n2cc3c(C(F)(F)F)cc(N4CC5CCC(C4)N5C)cn3c2=O)C1. The zero-order chi connectivity index (χ0) is 27.8. The summed E-state index contributed by atoms with van der Waals surface area (Å²) in [6.45, 7) is 2.18. The standard InChI is InChI=1S/C29H42F3N7O/c1-35-17-33-34-27(35)26(18-5-3-6-18)19-7-4-8-20(11-19)38-16-25-24(29(30,31)32)12-23(15-39(25)28(38)40)37-13-21-9-10-22(14-37)36(21)2/h12,15-16,18-22,26-27,33-34H,3-11,13-14,17H2,1-2H3/t19?,20?,21?,22?,26-,27?/m1/s1. The van der Waals surface area contributed by atoms with Crippen molar-refractivity contribution in [3.05, 3.63) is 34.5 Å². The number of anilines is 1. The minimum Gasteiger partial charge on any atom is -0.367 e. The highest BCUT2D eigenvalue weighted by molar-refractivity contribution is 5.62. The number of rotatable bonds is 5. The number of halogens is 3. The van der Waals surface area contributed by atoms with Crippen LogP contribution in [0.3, 0.4) is 0 Å². The normalized spacial score (nSPS) is 33.1. The number of hydrogen-bond acceptors (Lipinski definition) is 6. The van der Waals surface area contributed by atoms with Crippen molar-refractivity contribution < 1.29 is 13.2 Å². The molecule has 3 saturated heterocycles. The number of likely N-dealkylation sites (N-methyl/N-ethyl adjacent to an activating group) is 1. The Morgan fingerprint density at radius 3 is 2.25 bits per heavy atom. The van der Waals surface area contributed by atoms with Gasteiger partial charge in [-0.25, -0.2) is 15.6 Å². The fraction of sp³-hybridized carbons (Fsp3) is 0.759. The third-order valence-electron chi connectivity index (χ3n) is 11.0. The van der Waals surface area contributed by atoms with Gasteiger partial charge in [-0.2, -0.15) is 13.2 Å². The molecule has 5 heterocycles. The van der Waals surface area contributed by atoms with Crippen molar-refractivity contribution in [1.82, 2.24) is 29.6 Å². The van der Waals surface area contributed by atoms with Crippen molar-refractivity contribution in [3.8, 4) is 0 Å². The molecule has 2 N–H and O–H groups in total. The molecule has 2 aromatic rings. The molecule has 2 saturated carbocycles. The Kier molecular flexibility index (Phi) is 6.72. The third-order valence-corrected chi connectivity index (χ3v) is 11.0. The van der Waals surface area contributed by atoms with Gasteiger partial charge in [0.05, 0.1) is 29.6 Å². The van der Waals surface area contributed by atoms with E-state index >= 15 is 0 Å². The van der Waals surface area contributed by atoms with E-state index in [1.165, 1.54) is 35.9 Å². The first-order chi connectivity index (χ1) is 19.2. The number of piperazine rings is 1.